The number of aliphatic hydroxyl groups excluding tert-OH is 1. The number of methoxy groups -OCH3 is 1. The van der Waals surface area contributed by atoms with Crippen LogP contribution >= 0.6 is 11.8 Å². The Hall–Kier alpha value is -1.59. The largest absolute Gasteiger partial charge is 0.496 e. The molecule has 0 spiro atoms. The Morgan fingerprint density at radius 1 is 1.29 bits per heavy atom. The molecule has 0 radical (unpaired) electrons. The molecule has 5 heteroatoms. The molecule has 0 saturated carbocycles. The summed E-state index contributed by atoms with van der Waals surface area (Å²) in [6, 6.07) is 4.96. The highest BCUT2D eigenvalue weighted by atomic mass is 32.2. The van der Waals surface area contributed by atoms with Crippen LogP contribution in [0.3, 0.4) is 0 Å². The van der Waals surface area contributed by atoms with Gasteiger partial charge in [-0.05, 0) is 12.5 Å². The van der Waals surface area contributed by atoms with Crippen LogP contribution in [-0.2, 0) is 0 Å². The summed E-state index contributed by atoms with van der Waals surface area (Å²) in [7, 11) is 1.48. The molecule has 1 unspecified atom stereocenters. The normalized spacial score (nSPS) is 23.7. The Morgan fingerprint density at radius 2 is 2.00 bits per heavy atom. The first-order valence-corrected chi connectivity index (χ1v) is 7.55. The quantitative estimate of drug-likeness (QED) is 0.864. The SMILES string of the molecule is COc1cccc2c1C(=O)C1=C(C2=O)C(O)CC(C)(C)S1. The highest BCUT2D eigenvalue weighted by Crippen LogP contribution is 2.48. The van der Waals surface area contributed by atoms with Crippen molar-refractivity contribution in [3.8, 4) is 5.75 Å². The molecule has 1 heterocycles. The van der Waals surface area contributed by atoms with Crippen LogP contribution in [0.2, 0.25) is 0 Å². The number of fused-ring (bicyclic) bond motifs is 1. The van der Waals surface area contributed by atoms with E-state index in [-0.39, 0.29) is 21.9 Å². The minimum absolute atomic E-state index is 0.228. The molecule has 1 aromatic carbocycles. The molecule has 3 rings (SSSR count). The number of hydrogen-bond acceptors (Lipinski definition) is 5. The minimum Gasteiger partial charge on any atom is -0.496 e. The summed E-state index contributed by atoms with van der Waals surface area (Å²) < 4.78 is 4.94. The third-order valence-electron chi connectivity index (χ3n) is 3.81. The highest BCUT2D eigenvalue weighted by Gasteiger charge is 2.44. The van der Waals surface area contributed by atoms with E-state index in [2.05, 4.69) is 0 Å². The van der Waals surface area contributed by atoms with Gasteiger partial charge < -0.3 is 9.84 Å². The van der Waals surface area contributed by atoms with E-state index in [1.165, 1.54) is 18.9 Å². The van der Waals surface area contributed by atoms with E-state index in [0.29, 0.717) is 28.2 Å². The third-order valence-corrected chi connectivity index (χ3v) is 5.14. The minimum atomic E-state index is -0.896. The van der Waals surface area contributed by atoms with E-state index in [4.69, 9.17) is 4.74 Å². The van der Waals surface area contributed by atoms with Crippen molar-refractivity contribution < 1.29 is 19.4 Å². The topological polar surface area (TPSA) is 63.6 Å². The molecule has 2 aliphatic rings. The lowest BCUT2D eigenvalue weighted by atomic mass is 9.83. The third kappa shape index (κ3) is 2.12. The van der Waals surface area contributed by atoms with E-state index in [1.807, 2.05) is 13.8 Å². The van der Waals surface area contributed by atoms with Gasteiger partial charge in [-0.2, -0.15) is 0 Å². The van der Waals surface area contributed by atoms with Crippen LogP contribution in [-0.4, -0.2) is 34.6 Å². The molecule has 4 nitrogen and oxygen atoms in total. The second-order valence-corrected chi connectivity index (χ2v) is 7.58. The van der Waals surface area contributed by atoms with Gasteiger partial charge in [-0.3, -0.25) is 9.59 Å². The van der Waals surface area contributed by atoms with Crippen molar-refractivity contribution in [3.63, 3.8) is 0 Å². The van der Waals surface area contributed by atoms with Gasteiger partial charge in [0.05, 0.1) is 23.7 Å². The van der Waals surface area contributed by atoms with Gasteiger partial charge in [-0.1, -0.05) is 26.0 Å². The lowest BCUT2D eigenvalue weighted by molar-refractivity contribution is 0.0928. The Morgan fingerprint density at radius 3 is 2.67 bits per heavy atom. The number of thioether (sulfide) groups is 1. The standard InChI is InChI=1S/C16H16O4S/c1-16(2)7-9(17)12-13(18)8-5-4-6-10(20-3)11(8)14(19)15(12)21-16/h4-6,9,17H,7H2,1-3H3. The van der Waals surface area contributed by atoms with Crippen molar-refractivity contribution in [1.29, 1.82) is 0 Å². The summed E-state index contributed by atoms with van der Waals surface area (Å²) in [6.07, 6.45) is -0.443. The van der Waals surface area contributed by atoms with Crippen molar-refractivity contribution in [3.05, 3.63) is 39.8 Å². The van der Waals surface area contributed by atoms with Gasteiger partial charge in [-0.25, -0.2) is 0 Å². The lowest BCUT2D eigenvalue weighted by Gasteiger charge is -2.36. The monoisotopic (exact) mass is 304 g/mol. The fourth-order valence-corrected chi connectivity index (χ4v) is 4.23. The second-order valence-electron chi connectivity index (χ2n) is 5.87. The zero-order valence-electron chi connectivity index (χ0n) is 12.1. The maximum Gasteiger partial charge on any atom is 0.204 e. The number of ether oxygens (including phenoxy) is 1. The predicted molar refractivity (Wildman–Crippen MR) is 81.0 cm³/mol. The van der Waals surface area contributed by atoms with Crippen LogP contribution in [0, 0.1) is 0 Å². The number of hydrogen-bond donors (Lipinski definition) is 1. The summed E-state index contributed by atoms with van der Waals surface area (Å²) in [6.45, 7) is 3.92. The molecule has 0 bridgehead atoms. The zero-order chi connectivity index (χ0) is 15.4. The molecule has 1 aliphatic carbocycles. The molecule has 0 aromatic heterocycles. The van der Waals surface area contributed by atoms with Crippen LogP contribution in [0.1, 0.15) is 41.0 Å². The van der Waals surface area contributed by atoms with E-state index >= 15 is 0 Å². The summed E-state index contributed by atoms with van der Waals surface area (Å²) in [5, 5.41) is 10.3. The van der Waals surface area contributed by atoms with Crippen molar-refractivity contribution >= 4 is 23.3 Å². The fourth-order valence-electron chi connectivity index (χ4n) is 2.90. The van der Waals surface area contributed by atoms with Crippen molar-refractivity contribution in [2.24, 2.45) is 0 Å². The van der Waals surface area contributed by atoms with Crippen molar-refractivity contribution in [1.82, 2.24) is 0 Å². The number of carbonyl (C=O) groups is 2. The van der Waals surface area contributed by atoms with Crippen LogP contribution < -0.4 is 4.74 Å². The first-order chi connectivity index (χ1) is 9.85. The molecular formula is C16H16O4S. The van der Waals surface area contributed by atoms with E-state index in [9.17, 15) is 14.7 Å². The maximum absolute atomic E-state index is 12.8. The highest BCUT2D eigenvalue weighted by molar-refractivity contribution is 8.05. The van der Waals surface area contributed by atoms with Gasteiger partial charge >= 0.3 is 0 Å². The molecule has 110 valence electrons. The first-order valence-electron chi connectivity index (χ1n) is 6.73. The predicted octanol–water partition coefficient (Wildman–Crippen LogP) is 2.60. The molecule has 0 fully saturated rings. The fraction of sp³-hybridized carbons (Fsp3) is 0.375. The molecular weight excluding hydrogens is 288 g/mol. The van der Waals surface area contributed by atoms with Gasteiger partial charge in [0.2, 0.25) is 5.78 Å². The number of benzene rings is 1. The van der Waals surface area contributed by atoms with E-state index in [0.717, 1.165) is 0 Å². The van der Waals surface area contributed by atoms with Crippen LogP contribution in [0.5, 0.6) is 5.75 Å². The molecule has 1 aliphatic heterocycles. The van der Waals surface area contributed by atoms with E-state index in [1.54, 1.807) is 18.2 Å². The number of aliphatic hydroxyl groups is 1. The van der Waals surface area contributed by atoms with Crippen LogP contribution in [0.25, 0.3) is 0 Å². The lowest BCUT2D eigenvalue weighted by Crippen LogP contribution is -2.37. The van der Waals surface area contributed by atoms with Gasteiger partial charge in [0.1, 0.15) is 5.75 Å². The molecule has 1 aromatic rings. The van der Waals surface area contributed by atoms with E-state index < -0.39 is 6.10 Å². The Bertz CT molecular complexity index is 688. The maximum atomic E-state index is 12.8. The summed E-state index contributed by atoms with van der Waals surface area (Å²) in [4.78, 5) is 25.8. The van der Waals surface area contributed by atoms with Gasteiger partial charge in [0.15, 0.2) is 5.78 Å². The van der Waals surface area contributed by atoms with Crippen LogP contribution in [0.15, 0.2) is 28.7 Å². The number of rotatable bonds is 1. The number of carbonyl (C=O) groups excluding carboxylic acids is 2. The zero-order valence-corrected chi connectivity index (χ0v) is 12.9. The van der Waals surface area contributed by atoms with Crippen LogP contribution in [0.4, 0.5) is 0 Å². The first kappa shape index (κ1) is 14.4. The second kappa shape index (κ2) is 4.71. The summed E-state index contributed by atoms with van der Waals surface area (Å²) in [5.41, 5.74) is 0.865. The molecule has 21 heavy (non-hydrogen) atoms. The Labute approximate surface area is 127 Å². The molecule has 0 saturated heterocycles. The summed E-state index contributed by atoms with van der Waals surface area (Å²) >= 11 is 1.36. The van der Waals surface area contributed by atoms with Gasteiger partial charge in [0, 0.05) is 15.9 Å². The number of allylic oxidation sites excluding steroid dienone is 1. The van der Waals surface area contributed by atoms with Gasteiger partial charge in [0.25, 0.3) is 0 Å². The van der Waals surface area contributed by atoms with Crippen molar-refractivity contribution in [2.75, 3.05) is 7.11 Å². The Kier molecular flexibility index (Phi) is 3.22. The molecule has 0 amide bonds. The average molecular weight is 304 g/mol. The molecule has 1 N–H and O–H groups in total. The number of ketones is 2. The average Bonchev–Trinajstić information content (AvgIpc) is 2.42. The smallest absolute Gasteiger partial charge is 0.204 e. The molecule has 1 atom stereocenters. The number of Topliss-reactive ketones (excluding diaryl/α,β-unsaturated/α-hetero) is 2. The van der Waals surface area contributed by atoms with Crippen molar-refractivity contribution in [2.45, 2.75) is 31.1 Å². The Balaban J connectivity index is 2.23. The van der Waals surface area contributed by atoms with Gasteiger partial charge in [-0.15, -0.1) is 11.8 Å². The summed E-state index contributed by atoms with van der Waals surface area (Å²) in [5.74, 6) is -0.0984.